The quantitative estimate of drug-likeness (QED) is 0.741. The Hall–Kier alpha value is -2.59. The number of nitrogens with one attached hydrogen (secondary N) is 1. The van der Waals surface area contributed by atoms with Crippen molar-refractivity contribution in [2.45, 2.75) is 38.8 Å². The topological polar surface area (TPSA) is 41.0 Å². The molecule has 0 saturated carbocycles. The molecule has 2 heterocycles. The van der Waals surface area contributed by atoms with E-state index < -0.39 is 0 Å². The van der Waals surface area contributed by atoms with Crippen LogP contribution in [-0.2, 0) is 0 Å². The van der Waals surface area contributed by atoms with E-state index in [4.69, 9.17) is 0 Å². The number of imidazole rings is 1. The molecule has 4 rings (SSSR count). The van der Waals surface area contributed by atoms with E-state index in [9.17, 15) is 4.79 Å². The number of hydrogen-bond donors (Lipinski definition) is 1. The van der Waals surface area contributed by atoms with Crippen molar-refractivity contribution in [1.29, 1.82) is 0 Å². The maximum Gasteiger partial charge on any atom is 0.326 e. The predicted octanol–water partition coefficient (Wildman–Crippen LogP) is 4.55. The number of likely N-dealkylation sites (tertiary alicyclic amines) is 1. The molecular formula is C23H27N3O. The zero-order chi connectivity index (χ0) is 18.8. The van der Waals surface area contributed by atoms with Crippen LogP contribution in [-0.4, -0.2) is 27.5 Å². The zero-order valence-electron chi connectivity index (χ0n) is 16.1. The largest absolute Gasteiger partial charge is 0.326 e. The Labute approximate surface area is 160 Å². The molecule has 1 N–H and O–H groups in total. The van der Waals surface area contributed by atoms with Gasteiger partial charge in [0.15, 0.2) is 0 Å². The Morgan fingerprint density at radius 1 is 0.963 bits per heavy atom. The number of hydrogen-bond acceptors (Lipinski definition) is 2. The highest BCUT2D eigenvalue weighted by Crippen LogP contribution is 2.30. The maximum atomic E-state index is 12.7. The van der Waals surface area contributed by atoms with Gasteiger partial charge in [0, 0.05) is 30.9 Å². The van der Waals surface area contributed by atoms with Gasteiger partial charge in [0.05, 0.1) is 5.69 Å². The SMILES string of the molecule is Cc1c(-c2ccccc2)[nH]c(=O)n1C1CCN(C(C)c2ccccc2)CC1. The van der Waals surface area contributed by atoms with E-state index in [1.54, 1.807) is 0 Å². The Kier molecular flexibility index (Phi) is 4.99. The van der Waals surface area contributed by atoms with Gasteiger partial charge in [0.2, 0.25) is 0 Å². The molecule has 1 atom stereocenters. The van der Waals surface area contributed by atoms with E-state index in [-0.39, 0.29) is 11.7 Å². The molecule has 0 radical (unpaired) electrons. The monoisotopic (exact) mass is 361 g/mol. The van der Waals surface area contributed by atoms with E-state index in [1.807, 2.05) is 34.9 Å². The number of H-pyrrole nitrogens is 1. The van der Waals surface area contributed by atoms with Crippen LogP contribution in [0.1, 0.15) is 43.1 Å². The fraction of sp³-hybridized carbons (Fsp3) is 0.348. The Balaban J connectivity index is 1.51. The molecule has 1 aliphatic heterocycles. The molecule has 1 unspecified atom stereocenters. The molecule has 0 spiro atoms. The number of benzene rings is 2. The fourth-order valence-electron chi connectivity index (χ4n) is 4.33. The summed E-state index contributed by atoms with van der Waals surface area (Å²) in [6, 6.07) is 21.5. The van der Waals surface area contributed by atoms with Crippen LogP contribution in [0.4, 0.5) is 0 Å². The van der Waals surface area contributed by atoms with Crippen LogP contribution in [0.15, 0.2) is 65.5 Å². The first-order valence-electron chi connectivity index (χ1n) is 9.80. The first kappa shape index (κ1) is 17.8. The van der Waals surface area contributed by atoms with Crippen molar-refractivity contribution in [2.75, 3.05) is 13.1 Å². The minimum atomic E-state index is 0.0147. The van der Waals surface area contributed by atoms with Gasteiger partial charge in [-0.3, -0.25) is 9.47 Å². The first-order chi connectivity index (χ1) is 13.1. The molecule has 4 heteroatoms. The standard InChI is InChI=1S/C23H27N3O/c1-17(19-9-5-3-6-10-19)25-15-13-21(14-16-25)26-18(2)22(24-23(26)27)20-11-7-4-8-12-20/h3-12,17,21H,13-16H2,1-2H3,(H,24,27). The van der Waals surface area contributed by atoms with Crippen molar-refractivity contribution >= 4 is 0 Å². The summed E-state index contributed by atoms with van der Waals surface area (Å²) in [6.45, 7) is 6.35. The normalized spacial score (nSPS) is 17.1. The molecule has 1 aromatic heterocycles. The van der Waals surface area contributed by atoms with Crippen molar-refractivity contribution in [3.05, 3.63) is 82.4 Å². The summed E-state index contributed by atoms with van der Waals surface area (Å²) in [7, 11) is 0. The van der Waals surface area contributed by atoms with Crippen molar-refractivity contribution in [1.82, 2.24) is 14.5 Å². The number of piperidine rings is 1. The lowest BCUT2D eigenvalue weighted by atomic mass is 9.99. The lowest BCUT2D eigenvalue weighted by Gasteiger charge is -2.36. The highest BCUT2D eigenvalue weighted by atomic mass is 16.1. The third kappa shape index (κ3) is 3.50. The van der Waals surface area contributed by atoms with Gasteiger partial charge in [0.25, 0.3) is 0 Å². The molecule has 2 aromatic carbocycles. The van der Waals surface area contributed by atoms with Gasteiger partial charge in [-0.2, -0.15) is 0 Å². The Morgan fingerprint density at radius 3 is 2.19 bits per heavy atom. The molecule has 1 saturated heterocycles. The number of rotatable bonds is 4. The van der Waals surface area contributed by atoms with Crippen LogP contribution < -0.4 is 5.69 Å². The van der Waals surface area contributed by atoms with Gasteiger partial charge >= 0.3 is 5.69 Å². The number of aromatic amines is 1. The maximum absolute atomic E-state index is 12.7. The van der Waals surface area contributed by atoms with Crippen molar-refractivity contribution in [2.24, 2.45) is 0 Å². The lowest BCUT2D eigenvalue weighted by Crippen LogP contribution is -2.38. The van der Waals surface area contributed by atoms with Gasteiger partial charge in [-0.1, -0.05) is 60.7 Å². The Bertz CT molecular complexity index is 935. The van der Waals surface area contributed by atoms with Gasteiger partial charge < -0.3 is 4.98 Å². The molecule has 0 bridgehead atoms. The molecule has 0 amide bonds. The van der Waals surface area contributed by atoms with Gasteiger partial charge in [-0.15, -0.1) is 0 Å². The van der Waals surface area contributed by atoms with E-state index >= 15 is 0 Å². The summed E-state index contributed by atoms with van der Waals surface area (Å²) in [4.78, 5) is 18.3. The molecule has 1 fully saturated rings. The van der Waals surface area contributed by atoms with Crippen molar-refractivity contribution in [3.63, 3.8) is 0 Å². The second-order valence-corrected chi connectivity index (χ2v) is 7.48. The molecule has 0 aliphatic carbocycles. The van der Waals surface area contributed by atoms with Crippen LogP contribution in [0.2, 0.25) is 0 Å². The molecule has 140 valence electrons. The minimum absolute atomic E-state index is 0.0147. The van der Waals surface area contributed by atoms with Gasteiger partial charge in [0.1, 0.15) is 0 Å². The number of aromatic nitrogens is 2. The minimum Gasteiger partial charge on any atom is -0.305 e. The average Bonchev–Trinajstić information content (AvgIpc) is 3.03. The summed E-state index contributed by atoms with van der Waals surface area (Å²) >= 11 is 0. The molecule has 1 aliphatic rings. The third-order valence-electron chi connectivity index (χ3n) is 5.93. The van der Waals surface area contributed by atoms with Gasteiger partial charge in [-0.05, 0) is 37.8 Å². The highest BCUT2D eigenvalue weighted by Gasteiger charge is 2.27. The predicted molar refractivity (Wildman–Crippen MR) is 110 cm³/mol. The van der Waals surface area contributed by atoms with Crippen LogP contribution in [0.5, 0.6) is 0 Å². The van der Waals surface area contributed by atoms with Crippen LogP contribution in [0.25, 0.3) is 11.3 Å². The average molecular weight is 361 g/mol. The van der Waals surface area contributed by atoms with Crippen molar-refractivity contribution < 1.29 is 0 Å². The lowest BCUT2D eigenvalue weighted by molar-refractivity contribution is 0.141. The molecule has 27 heavy (non-hydrogen) atoms. The first-order valence-corrected chi connectivity index (χ1v) is 9.80. The Morgan fingerprint density at radius 2 is 1.56 bits per heavy atom. The summed E-state index contributed by atoms with van der Waals surface area (Å²) in [5.41, 5.74) is 4.43. The van der Waals surface area contributed by atoms with Crippen molar-refractivity contribution in [3.8, 4) is 11.3 Å². The summed E-state index contributed by atoms with van der Waals surface area (Å²) in [6.07, 6.45) is 2.01. The highest BCUT2D eigenvalue weighted by molar-refractivity contribution is 5.61. The number of nitrogens with zero attached hydrogens (tertiary/aromatic N) is 2. The van der Waals surface area contributed by atoms with Crippen LogP contribution in [0, 0.1) is 6.92 Å². The fourth-order valence-corrected chi connectivity index (χ4v) is 4.33. The molecular weight excluding hydrogens is 334 g/mol. The van der Waals surface area contributed by atoms with E-state index in [0.717, 1.165) is 42.9 Å². The van der Waals surface area contributed by atoms with E-state index in [0.29, 0.717) is 6.04 Å². The summed E-state index contributed by atoms with van der Waals surface area (Å²) in [5, 5.41) is 0. The second-order valence-electron chi connectivity index (χ2n) is 7.48. The summed E-state index contributed by atoms with van der Waals surface area (Å²) in [5.74, 6) is 0. The second kappa shape index (κ2) is 7.57. The van der Waals surface area contributed by atoms with Gasteiger partial charge in [-0.25, -0.2) is 4.79 Å². The zero-order valence-corrected chi connectivity index (χ0v) is 16.1. The van der Waals surface area contributed by atoms with Crippen LogP contribution >= 0.6 is 0 Å². The smallest absolute Gasteiger partial charge is 0.305 e. The third-order valence-corrected chi connectivity index (χ3v) is 5.93. The van der Waals surface area contributed by atoms with E-state index in [1.165, 1.54) is 5.56 Å². The summed E-state index contributed by atoms with van der Waals surface area (Å²) < 4.78 is 1.98. The molecule has 4 nitrogen and oxygen atoms in total. The molecule has 3 aromatic rings. The van der Waals surface area contributed by atoms with Crippen LogP contribution in [0.3, 0.4) is 0 Å². The van der Waals surface area contributed by atoms with E-state index in [2.05, 4.69) is 54.1 Å².